The number of rotatable bonds is 8. The number of hydrogen-bond acceptors (Lipinski definition) is 6. The molecule has 0 spiro atoms. The zero-order chi connectivity index (χ0) is 15.8. The number of nitrogens with zero attached hydrogens (tertiary/aromatic N) is 1. The predicted octanol–water partition coefficient (Wildman–Crippen LogP) is 1.07. The summed E-state index contributed by atoms with van der Waals surface area (Å²) in [6.07, 6.45) is 0. The standard InChI is InChI=1S/C15H24N2O4/c1-17(2)9-8-16-14(15(18)21-5)11-6-7-12(19-3)13(10-11)20-4/h6-7,10,14,16H,8-9H2,1-5H3. The fraction of sp³-hybridized carbons (Fsp3) is 0.533. The highest BCUT2D eigenvalue weighted by Crippen LogP contribution is 2.30. The van der Waals surface area contributed by atoms with Crippen LogP contribution in [0.2, 0.25) is 0 Å². The molecule has 1 aromatic carbocycles. The van der Waals surface area contributed by atoms with E-state index >= 15 is 0 Å². The molecule has 0 aromatic heterocycles. The van der Waals surface area contributed by atoms with Gasteiger partial charge in [0.25, 0.3) is 0 Å². The minimum atomic E-state index is -0.533. The summed E-state index contributed by atoms with van der Waals surface area (Å²) in [5.41, 5.74) is 0.776. The Hall–Kier alpha value is -1.79. The Balaban J connectivity index is 2.94. The van der Waals surface area contributed by atoms with E-state index in [9.17, 15) is 4.79 Å². The molecule has 1 aromatic rings. The molecule has 0 fully saturated rings. The van der Waals surface area contributed by atoms with Crippen molar-refractivity contribution in [1.82, 2.24) is 10.2 Å². The van der Waals surface area contributed by atoms with Gasteiger partial charge in [-0.2, -0.15) is 0 Å². The molecule has 0 saturated heterocycles. The second-order valence-electron chi connectivity index (χ2n) is 4.83. The first-order valence-electron chi connectivity index (χ1n) is 6.71. The van der Waals surface area contributed by atoms with Gasteiger partial charge in [0.15, 0.2) is 11.5 Å². The molecule has 6 heteroatoms. The molecule has 0 bridgehead atoms. The van der Waals surface area contributed by atoms with Gasteiger partial charge in [0.2, 0.25) is 0 Å². The second-order valence-corrected chi connectivity index (χ2v) is 4.83. The highest BCUT2D eigenvalue weighted by Gasteiger charge is 2.22. The lowest BCUT2D eigenvalue weighted by Crippen LogP contribution is -2.34. The fourth-order valence-electron chi connectivity index (χ4n) is 1.92. The number of esters is 1. The molecule has 0 aliphatic rings. The summed E-state index contributed by atoms with van der Waals surface area (Å²) < 4.78 is 15.3. The van der Waals surface area contributed by atoms with Crippen molar-refractivity contribution < 1.29 is 19.0 Å². The lowest BCUT2D eigenvalue weighted by Gasteiger charge is -2.19. The van der Waals surface area contributed by atoms with Crippen molar-refractivity contribution in [3.05, 3.63) is 23.8 Å². The Morgan fingerprint density at radius 3 is 2.38 bits per heavy atom. The van der Waals surface area contributed by atoms with Gasteiger partial charge < -0.3 is 19.1 Å². The van der Waals surface area contributed by atoms with Crippen LogP contribution in [-0.4, -0.2) is 59.4 Å². The summed E-state index contributed by atoms with van der Waals surface area (Å²) in [5.74, 6) is 0.873. The maximum absolute atomic E-state index is 12.0. The minimum absolute atomic E-state index is 0.332. The van der Waals surface area contributed by atoms with E-state index in [0.29, 0.717) is 18.0 Å². The molecule has 0 radical (unpaired) electrons. The summed E-state index contributed by atoms with van der Waals surface area (Å²) >= 11 is 0. The molecule has 1 N–H and O–H groups in total. The fourth-order valence-corrected chi connectivity index (χ4v) is 1.92. The molecule has 0 aliphatic carbocycles. The first kappa shape index (κ1) is 17.3. The van der Waals surface area contributed by atoms with Crippen LogP contribution in [0.3, 0.4) is 0 Å². The SMILES string of the molecule is COC(=O)C(NCCN(C)C)c1ccc(OC)c(OC)c1. The van der Waals surface area contributed by atoms with Crippen LogP contribution < -0.4 is 14.8 Å². The lowest BCUT2D eigenvalue weighted by molar-refractivity contribution is -0.143. The van der Waals surface area contributed by atoms with E-state index in [-0.39, 0.29) is 5.97 Å². The normalized spacial score (nSPS) is 12.1. The maximum Gasteiger partial charge on any atom is 0.327 e. The van der Waals surface area contributed by atoms with Crippen LogP contribution in [0.15, 0.2) is 18.2 Å². The van der Waals surface area contributed by atoms with Gasteiger partial charge in [-0.05, 0) is 31.8 Å². The summed E-state index contributed by atoms with van der Waals surface area (Å²) in [5, 5.41) is 3.19. The van der Waals surface area contributed by atoms with Crippen molar-refractivity contribution in [3.8, 4) is 11.5 Å². The first-order valence-corrected chi connectivity index (χ1v) is 6.71. The van der Waals surface area contributed by atoms with E-state index in [0.717, 1.165) is 12.1 Å². The Bertz CT molecular complexity index is 463. The van der Waals surface area contributed by atoms with Crippen LogP contribution in [0.5, 0.6) is 11.5 Å². The number of benzene rings is 1. The van der Waals surface area contributed by atoms with Crippen molar-refractivity contribution in [3.63, 3.8) is 0 Å². The molecule has 0 saturated carbocycles. The summed E-state index contributed by atoms with van der Waals surface area (Å²) in [4.78, 5) is 14.0. The number of hydrogen-bond donors (Lipinski definition) is 1. The number of likely N-dealkylation sites (N-methyl/N-ethyl adjacent to an activating group) is 1. The van der Waals surface area contributed by atoms with E-state index in [1.807, 2.05) is 25.1 Å². The van der Waals surface area contributed by atoms with Gasteiger partial charge in [-0.25, -0.2) is 4.79 Å². The topological polar surface area (TPSA) is 60.0 Å². The van der Waals surface area contributed by atoms with Gasteiger partial charge in [-0.15, -0.1) is 0 Å². The monoisotopic (exact) mass is 296 g/mol. The van der Waals surface area contributed by atoms with E-state index < -0.39 is 6.04 Å². The molecule has 1 atom stereocenters. The average Bonchev–Trinajstić information content (AvgIpc) is 2.50. The van der Waals surface area contributed by atoms with Crippen LogP contribution in [0, 0.1) is 0 Å². The largest absolute Gasteiger partial charge is 0.493 e. The van der Waals surface area contributed by atoms with Crippen LogP contribution in [0.1, 0.15) is 11.6 Å². The summed E-state index contributed by atoms with van der Waals surface area (Å²) in [6.45, 7) is 1.49. The quantitative estimate of drug-likeness (QED) is 0.724. The Morgan fingerprint density at radius 1 is 1.19 bits per heavy atom. The molecule has 0 aliphatic heterocycles. The molecule has 0 amide bonds. The zero-order valence-electron chi connectivity index (χ0n) is 13.3. The van der Waals surface area contributed by atoms with Crippen molar-refractivity contribution in [2.75, 3.05) is 48.5 Å². The summed E-state index contributed by atoms with van der Waals surface area (Å²) in [7, 11) is 8.47. The third-order valence-corrected chi connectivity index (χ3v) is 3.09. The van der Waals surface area contributed by atoms with Crippen molar-refractivity contribution in [2.24, 2.45) is 0 Å². The van der Waals surface area contributed by atoms with E-state index in [2.05, 4.69) is 5.32 Å². The lowest BCUT2D eigenvalue weighted by atomic mass is 10.1. The van der Waals surface area contributed by atoms with Crippen LogP contribution >= 0.6 is 0 Å². The Kier molecular flexibility index (Phi) is 6.98. The average molecular weight is 296 g/mol. The second kappa shape index (κ2) is 8.49. The third kappa shape index (κ3) is 4.91. The Morgan fingerprint density at radius 2 is 1.86 bits per heavy atom. The van der Waals surface area contributed by atoms with Crippen LogP contribution in [-0.2, 0) is 9.53 Å². The molecular formula is C15H24N2O4. The number of carbonyl (C=O) groups is 1. The molecular weight excluding hydrogens is 272 g/mol. The number of nitrogens with one attached hydrogen (secondary N) is 1. The molecule has 6 nitrogen and oxygen atoms in total. The molecule has 21 heavy (non-hydrogen) atoms. The number of carbonyl (C=O) groups excluding carboxylic acids is 1. The maximum atomic E-state index is 12.0. The van der Waals surface area contributed by atoms with Gasteiger partial charge in [0.05, 0.1) is 21.3 Å². The molecule has 0 heterocycles. The van der Waals surface area contributed by atoms with Crippen molar-refractivity contribution in [1.29, 1.82) is 0 Å². The van der Waals surface area contributed by atoms with E-state index in [1.165, 1.54) is 7.11 Å². The van der Waals surface area contributed by atoms with Gasteiger partial charge in [-0.3, -0.25) is 5.32 Å². The van der Waals surface area contributed by atoms with E-state index in [4.69, 9.17) is 14.2 Å². The minimum Gasteiger partial charge on any atom is -0.493 e. The predicted molar refractivity (Wildman–Crippen MR) is 80.9 cm³/mol. The van der Waals surface area contributed by atoms with Crippen LogP contribution in [0.25, 0.3) is 0 Å². The highest BCUT2D eigenvalue weighted by atomic mass is 16.5. The van der Waals surface area contributed by atoms with Gasteiger partial charge in [0, 0.05) is 13.1 Å². The van der Waals surface area contributed by atoms with Crippen molar-refractivity contribution >= 4 is 5.97 Å². The highest BCUT2D eigenvalue weighted by molar-refractivity contribution is 5.77. The molecule has 1 rings (SSSR count). The Labute approximate surface area is 126 Å². The van der Waals surface area contributed by atoms with E-state index in [1.54, 1.807) is 26.4 Å². The van der Waals surface area contributed by atoms with Crippen molar-refractivity contribution in [2.45, 2.75) is 6.04 Å². The van der Waals surface area contributed by atoms with Gasteiger partial charge in [0.1, 0.15) is 6.04 Å². The third-order valence-electron chi connectivity index (χ3n) is 3.09. The van der Waals surface area contributed by atoms with Gasteiger partial charge >= 0.3 is 5.97 Å². The zero-order valence-corrected chi connectivity index (χ0v) is 13.3. The molecule has 1 unspecified atom stereocenters. The number of methoxy groups -OCH3 is 3. The first-order chi connectivity index (χ1) is 10.0. The van der Waals surface area contributed by atoms with Crippen LogP contribution in [0.4, 0.5) is 0 Å². The molecule has 118 valence electrons. The number of ether oxygens (including phenoxy) is 3. The smallest absolute Gasteiger partial charge is 0.327 e. The van der Waals surface area contributed by atoms with Gasteiger partial charge in [-0.1, -0.05) is 6.07 Å². The summed E-state index contributed by atoms with van der Waals surface area (Å²) in [6, 6.07) is 4.85.